The maximum Gasteiger partial charge on any atom is 0.175 e. The van der Waals surface area contributed by atoms with Crippen molar-refractivity contribution in [1.29, 1.82) is 0 Å². The summed E-state index contributed by atoms with van der Waals surface area (Å²) in [4.78, 5) is 0.199. The van der Waals surface area contributed by atoms with E-state index in [1.54, 1.807) is 54.6 Å². The van der Waals surface area contributed by atoms with Gasteiger partial charge in [0.25, 0.3) is 0 Å². The fourth-order valence-electron chi connectivity index (χ4n) is 3.29. The monoisotopic (exact) mass is 425 g/mol. The highest BCUT2D eigenvalue weighted by Crippen LogP contribution is 2.34. The normalized spacial score (nSPS) is 11.6. The summed E-state index contributed by atoms with van der Waals surface area (Å²) in [5, 5.41) is 0.611. The van der Waals surface area contributed by atoms with Gasteiger partial charge in [-0.2, -0.15) is 0 Å². The Hall–Kier alpha value is -2.89. The molecule has 6 heteroatoms. The molecule has 3 aromatic carbocycles. The predicted octanol–water partition coefficient (Wildman–Crippen LogP) is 6.01. The first kappa shape index (κ1) is 19.4. The molecule has 0 radical (unpaired) electrons. The summed E-state index contributed by atoms with van der Waals surface area (Å²) in [6, 6.07) is 24.2. The molecule has 0 saturated heterocycles. The molecular weight excluding hydrogens is 409 g/mol. The van der Waals surface area contributed by atoms with Gasteiger partial charge >= 0.3 is 0 Å². The Morgan fingerprint density at radius 1 is 0.828 bits per heavy atom. The molecule has 3 nitrogen and oxygen atoms in total. The molecule has 0 N–H and O–H groups in total. The van der Waals surface area contributed by atoms with E-state index < -0.39 is 9.84 Å². The van der Waals surface area contributed by atoms with Gasteiger partial charge in [0, 0.05) is 22.5 Å². The second-order valence-electron chi connectivity index (χ2n) is 6.70. The van der Waals surface area contributed by atoms with Gasteiger partial charge in [-0.3, -0.25) is 0 Å². The third kappa shape index (κ3) is 3.84. The van der Waals surface area contributed by atoms with Crippen molar-refractivity contribution in [3.8, 4) is 28.2 Å². The van der Waals surface area contributed by atoms with Crippen molar-refractivity contribution in [2.45, 2.75) is 4.90 Å². The molecule has 0 atom stereocenters. The van der Waals surface area contributed by atoms with Gasteiger partial charge in [-0.05, 0) is 60.2 Å². The van der Waals surface area contributed by atoms with E-state index in [4.69, 9.17) is 11.6 Å². The average molecular weight is 426 g/mol. The number of rotatable bonds is 4. The van der Waals surface area contributed by atoms with Gasteiger partial charge in [0.1, 0.15) is 5.82 Å². The van der Waals surface area contributed by atoms with Crippen molar-refractivity contribution in [1.82, 2.24) is 4.57 Å². The van der Waals surface area contributed by atoms with Gasteiger partial charge in [-0.15, -0.1) is 0 Å². The molecule has 0 amide bonds. The molecule has 1 aromatic heterocycles. The summed E-state index contributed by atoms with van der Waals surface area (Å²) in [6.07, 6.45) is 1.17. The van der Waals surface area contributed by atoms with E-state index in [9.17, 15) is 12.8 Å². The van der Waals surface area contributed by atoms with Gasteiger partial charge in [-0.1, -0.05) is 41.9 Å². The first-order chi connectivity index (χ1) is 13.8. The molecule has 4 aromatic rings. The summed E-state index contributed by atoms with van der Waals surface area (Å²) in [5.41, 5.74) is 3.35. The van der Waals surface area contributed by atoms with Crippen LogP contribution in [0.25, 0.3) is 28.2 Å². The largest absolute Gasteiger partial charge is 0.309 e. The molecule has 0 saturated carbocycles. The molecule has 0 unspecified atom stereocenters. The van der Waals surface area contributed by atoms with Gasteiger partial charge in [-0.25, -0.2) is 12.8 Å². The molecule has 0 fully saturated rings. The van der Waals surface area contributed by atoms with Crippen LogP contribution < -0.4 is 0 Å². The third-order valence-corrected chi connectivity index (χ3v) is 6.04. The van der Waals surface area contributed by atoms with E-state index in [-0.39, 0.29) is 10.7 Å². The summed E-state index contributed by atoms with van der Waals surface area (Å²) in [5.74, 6) is -0.353. The minimum atomic E-state index is -3.39. The minimum absolute atomic E-state index is 0.199. The number of nitrogens with zero attached hydrogens (tertiary/aromatic N) is 1. The summed E-state index contributed by atoms with van der Waals surface area (Å²) >= 11 is 6.03. The van der Waals surface area contributed by atoms with Gasteiger partial charge < -0.3 is 4.57 Å². The molecule has 0 bridgehead atoms. The Labute approximate surface area is 173 Å². The fraction of sp³-hybridized carbons (Fsp3) is 0.0435. The Morgan fingerprint density at radius 3 is 2.21 bits per heavy atom. The lowest BCUT2D eigenvalue weighted by Crippen LogP contribution is -2.03. The van der Waals surface area contributed by atoms with E-state index in [0.29, 0.717) is 22.0 Å². The van der Waals surface area contributed by atoms with E-state index in [0.717, 1.165) is 11.3 Å². The predicted molar refractivity (Wildman–Crippen MR) is 115 cm³/mol. The van der Waals surface area contributed by atoms with E-state index in [2.05, 4.69) is 0 Å². The molecule has 0 aliphatic heterocycles. The van der Waals surface area contributed by atoms with Crippen molar-refractivity contribution in [2.75, 3.05) is 6.26 Å². The minimum Gasteiger partial charge on any atom is -0.309 e. The van der Waals surface area contributed by atoms with Crippen LogP contribution in [0, 0.1) is 5.82 Å². The standard InChI is InChI=1S/C23H17ClFNO2S/c1-29(27,28)19-6-4-5-18(15-19)26-22(16-9-11-17(24)12-10-16)13-14-23(26)20-7-2-3-8-21(20)25/h2-15H,1H3. The van der Waals surface area contributed by atoms with Crippen LogP contribution in [0.5, 0.6) is 0 Å². The van der Waals surface area contributed by atoms with Crippen LogP contribution in [0.2, 0.25) is 5.02 Å². The van der Waals surface area contributed by atoms with E-state index in [1.165, 1.54) is 12.3 Å². The zero-order valence-electron chi connectivity index (χ0n) is 15.5. The smallest absolute Gasteiger partial charge is 0.175 e. The number of benzene rings is 3. The molecule has 29 heavy (non-hydrogen) atoms. The first-order valence-electron chi connectivity index (χ1n) is 8.88. The first-order valence-corrected chi connectivity index (χ1v) is 11.1. The summed E-state index contributed by atoms with van der Waals surface area (Å²) < 4.78 is 40.6. The Kier molecular flexibility index (Phi) is 5.03. The Morgan fingerprint density at radius 2 is 1.52 bits per heavy atom. The van der Waals surface area contributed by atoms with E-state index >= 15 is 0 Å². The Bertz CT molecular complexity index is 1290. The molecule has 0 spiro atoms. The molecular formula is C23H17ClFNO2S. The molecule has 4 rings (SSSR count). The molecule has 0 aliphatic rings. The van der Waals surface area contributed by atoms with Crippen LogP contribution >= 0.6 is 11.6 Å². The molecule has 1 heterocycles. The van der Waals surface area contributed by atoms with Crippen molar-refractivity contribution in [3.05, 3.63) is 95.8 Å². The second kappa shape index (κ2) is 7.50. The zero-order chi connectivity index (χ0) is 20.6. The molecule has 146 valence electrons. The number of hydrogen-bond donors (Lipinski definition) is 0. The van der Waals surface area contributed by atoms with E-state index in [1.807, 2.05) is 28.8 Å². The van der Waals surface area contributed by atoms with Gasteiger partial charge in [0.05, 0.1) is 16.3 Å². The Balaban J connectivity index is 2.01. The van der Waals surface area contributed by atoms with Crippen molar-refractivity contribution >= 4 is 21.4 Å². The lowest BCUT2D eigenvalue weighted by molar-refractivity contribution is 0.601. The quantitative estimate of drug-likeness (QED) is 0.401. The third-order valence-electron chi connectivity index (χ3n) is 4.67. The van der Waals surface area contributed by atoms with Crippen molar-refractivity contribution in [2.24, 2.45) is 0 Å². The number of sulfone groups is 1. The lowest BCUT2D eigenvalue weighted by Gasteiger charge is -2.16. The topological polar surface area (TPSA) is 39.1 Å². The van der Waals surface area contributed by atoms with Crippen LogP contribution in [0.1, 0.15) is 0 Å². The maximum atomic E-state index is 14.6. The highest BCUT2D eigenvalue weighted by atomic mass is 35.5. The summed E-state index contributed by atoms with van der Waals surface area (Å²) in [6.45, 7) is 0. The van der Waals surface area contributed by atoms with Crippen LogP contribution in [0.3, 0.4) is 0 Å². The number of halogens is 2. The van der Waals surface area contributed by atoms with Crippen molar-refractivity contribution < 1.29 is 12.8 Å². The fourth-order valence-corrected chi connectivity index (χ4v) is 4.08. The van der Waals surface area contributed by atoms with Gasteiger partial charge in [0.15, 0.2) is 9.84 Å². The van der Waals surface area contributed by atoms with Gasteiger partial charge in [0.2, 0.25) is 0 Å². The molecule has 0 aliphatic carbocycles. The summed E-state index contributed by atoms with van der Waals surface area (Å²) in [7, 11) is -3.39. The average Bonchev–Trinajstić information content (AvgIpc) is 3.13. The lowest BCUT2D eigenvalue weighted by atomic mass is 10.1. The zero-order valence-corrected chi connectivity index (χ0v) is 17.1. The maximum absolute atomic E-state index is 14.6. The van der Waals surface area contributed by atoms with Crippen LogP contribution in [-0.4, -0.2) is 19.2 Å². The number of hydrogen-bond acceptors (Lipinski definition) is 2. The van der Waals surface area contributed by atoms with Crippen LogP contribution in [-0.2, 0) is 9.84 Å². The SMILES string of the molecule is CS(=O)(=O)c1cccc(-n2c(-c3ccc(Cl)cc3)ccc2-c2ccccc2F)c1. The van der Waals surface area contributed by atoms with Crippen molar-refractivity contribution in [3.63, 3.8) is 0 Å². The highest BCUT2D eigenvalue weighted by molar-refractivity contribution is 7.90. The number of aromatic nitrogens is 1. The second-order valence-corrected chi connectivity index (χ2v) is 9.15. The van der Waals surface area contributed by atoms with Crippen LogP contribution in [0.15, 0.2) is 89.8 Å². The highest BCUT2D eigenvalue weighted by Gasteiger charge is 2.17. The van der Waals surface area contributed by atoms with Crippen LogP contribution in [0.4, 0.5) is 4.39 Å².